The van der Waals surface area contributed by atoms with Gasteiger partial charge in [-0.25, -0.2) is 9.59 Å². The molecule has 250 valence electrons. The number of benzene rings is 2. The monoisotopic (exact) mass is 690 g/mol. The highest BCUT2D eigenvalue weighted by Gasteiger charge is 2.74. The van der Waals surface area contributed by atoms with Crippen molar-refractivity contribution < 1.29 is 54.6 Å². The third-order valence-electron chi connectivity index (χ3n) is 10.8. The van der Waals surface area contributed by atoms with Gasteiger partial charge >= 0.3 is 11.9 Å². The topological polar surface area (TPSA) is 205 Å². The van der Waals surface area contributed by atoms with E-state index >= 15 is 0 Å². The second-order valence-corrected chi connectivity index (χ2v) is 14.1. The van der Waals surface area contributed by atoms with Crippen LogP contribution >= 0.6 is 23.2 Å². The Morgan fingerprint density at radius 3 is 2.11 bits per heavy atom. The number of hydrogen-bond donors (Lipinski definition) is 6. The van der Waals surface area contributed by atoms with Crippen LogP contribution < -0.4 is 4.74 Å². The molecule has 7 atom stereocenters. The Morgan fingerprint density at radius 1 is 0.957 bits per heavy atom. The van der Waals surface area contributed by atoms with Crippen LogP contribution in [0.15, 0.2) is 24.3 Å². The van der Waals surface area contributed by atoms with Crippen LogP contribution in [0.5, 0.6) is 11.5 Å². The van der Waals surface area contributed by atoms with E-state index in [1.54, 1.807) is 6.07 Å². The average Bonchev–Trinajstić information content (AvgIpc) is 3.73. The van der Waals surface area contributed by atoms with Crippen molar-refractivity contribution in [2.24, 2.45) is 5.92 Å². The minimum atomic E-state index is -2.27. The molecule has 2 bridgehead atoms. The van der Waals surface area contributed by atoms with Crippen LogP contribution in [0.2, 0.25) is 10.0 Å². The first-order valence-corrected chi connectivity index (χ1v) is 16.1. The summed E-state index contributed by atoms with van der Waals surface area (Å²) in [5, 5.41) is 56.4. The second-order valence-electron chi connectivity index (χ2n) is 13.3. The van der Waals surface area contributed by atoms with Crippen molar-refractivity contribution in [3.05, 3.63) is 56.6 Å². The Kier molecular flexibility index (Phi) is 7.54. The van der Waals surface area contributed by atoms with E-state index in [4.69, 9.17) is 48.4 Å². The number of halogens is 2. The van der Waals surface area contributed by atoms with Gasteiger partial charge in [0.05, 0.1) is 38.2 Å². The number of ether oxygens (including phenoxy) is 1. The minimum absolute atomic E-state index is 0.0309. The molecule has 3 aliphatic carbocycles. The molecule has 0 aromatic heterocycles. The number of aliphatic hydroxyl groups is 3. The summed E-state index contributed by atoms with van der Waals surface area (Å²) in [7, 11) is 0. The van der Waals surface area contributed by atoms with E-state index in [1.807, 2.05) is 6.07 Å². The molecule has 2 aromatic carbocycles. The Morgan fingerprint density at radius 2 is 1.55 bits per heavy atom. The number of carboxylic acids is 2. The SMILES string of the molecule is O=C(O)C(O)C(O)C(=O)O.O=C1c2cc(Cl)c(Cl)cc2C(=O)N1[C@@H]1CCC2(O)[C@H]3Cc4ccc(O)c5c4[C@@]2(CCN3CC2CC2)[C@H]1O5. The van der Waals surface area contributed by atoms with E-state index in [9.17, 15) is 29.4 Å². The van der Waals surface area contributed by atoms with Crippen molar-refractivity contribution in [3.8, 4) is 11.5 Å². The van der Waals surface area contributed by atoms with Crippen molar-refractivity contribution >= 4 is 47.0 Å². The van der Waals surface area contributed by atoms with E-state index < -0.39 is 59.1 Å². The highest BCUT2D eigenvalue weighted by Crippen LogP contribution is 2.66. The zero-order valence-electron chi connectivity index (χ0n) is 24.8. The predicted octanol–water partition coefficient (Wildman–Crippen LogP) is 1.81. The van der Waals surface area contributed by atoms with Crippen LogP contribution in [0, 0.1) is 5.92 Å². The molecule has 0 radical (unpaired) electrons. The van der Waals surface area contributed by atoms with Crippen molar-refractivity contribution in [3.63, 3.8) is 0 Å². The molecule has 15 heteroatoms. The van der Waals surface area contributed by atoms with Crippen molar-refractivity contribution in [1.29, 1.82) is 0 Å². The molecule has 8 rings (SSSR count). The number of nitrogens with zero attached hydrogens (tertiary/aromatic N) is 2. The molecule has 6 aliphatic rings. The number of aromatic hydroxyl groups is 1. The summed E-state index contributed by atoms with van der Waals surface area (Å²) < 4.78 is 6.54. The lowest BCUT2D eigenvalue weighted by Crippen LogP contribution is -2.78. The van der Waals surface area contributed by atoms with E-state index in [-0.39, 0.29) is 33.0 Å². The van der Waals surface area contributed by atoms with Crippen molar-refractivity contribution in [2.45, 2.75) is 79.9 Å². The molecule has 2 amide bonds. The van der Waals surface area contributed by atoms with Crippen LogP contribution in [0.25, 0.3) is 0 Å². The second kappa shape index (κ2) is 11.0. The molecule has 3 unspecified atom stereocenters. The molecule has 6 N–H and O–H groups in total. The molecule has 2 aromatic rings. The number of rotatable bonds is 6. The van der Waals surface area contributed by atoms with Gasteiger partial charge in [-0.15, -0.1) is 0 Å². The Labute approximate surface area is 277 Å². The Hall–Kier alpha value is -3.46. The largest absolute Gasteiger partial charge is 0.504 e. The molecule has 2 saturated carbocycles. The number of imide groups is 1. The number of fused-ring (bicyclic) bond motifs is 1. The summed E-state index contributed by atoms with van der Waals surface area (Å²) in [5.41, 5.74) is 0.517. The number of aliphatic hydroxyl groups excluding tert-OH is 2. The van der Waals surface area contributed by atoms with Gasteiger partial charge in [0, 0.05) is 18.2 Å². The van der Waals surface area contributed by atoms with Gasteiger partial charge in [-0.1, -0.05) is 29.3 Å². The van der Waals surface area contributed by atoms with E-state index in [0.717, 1.165) is 24.2 Å². The number of carboxylic acid groups (broad SMARTS) is 2. The Bertz CT molecular complexity index is 1670. The summed E-state index contributed by atoms with van der Waals surface area (Å²) in [6.45, 7) is 1.79. The number of likely N-dealkylation sites (tertiary alicyclic amines) is 1. The van der Waals surface area contributed by atoms with E-state index in [2.05, 4.69) is 4.90 Å². The molecular weight excluding hydrogens is 659 g/mol. The van der Waals surface area contributed by atoms with E-state index in [1.165, 1.54) is 29.9 Å². The standard InChI is InChI=1S/C28H26Cl2N2O5.C4H6O6/c29-17-10-15-16(11-18(17)30)26(35)32(25(15)34)19-5-6-28(36)21-9-14-3-4-20(33)23-22(14)27(28,24(19)37-23)7-8-31(21)12-13-1-2-13;5-1(3(7)8)2(6)4(9)10/h3-4,10-11,13,19,21,24,33,36H,1-2,5-9,12H2;1-2,5-6H,(H,7,8)(H,9,10)/t19-,21-,24+,27+,28?;/m1./s1. The fourth-order valence-corrected chi connectivity index (χ4v) is 8.87. The molecule has 3 fully saturated rings. The van der Waals surface area contributed by atoms with Gasteiger partial charge in [0.2, 0.25) is 0 Å². The van der Waals surface area contributed by atoms with Crippen LogP contribution in [-0.4, -0.2) is 113 Å². The Balaban J connectivity index is 0.000000308. The fourth-order valence-electron chi connectivity index (χ4n) is 8.54. The normalized spacial score (nSPS) is 31.3. The first-order chi connectivity index (χ1) is 22.2. The van der Waals surface area contributed by atoms with Crippen LogP contribution in [0.3, 0.4) is 0 Å². The van der Waals surface area contributed by atoms with Gasteiger partial charge in [-0.05, 0) is 74.8 Å². The third kappa shape index (κ3) is 4.58. The predicted molar refractivity (Wildman–Crippen MR) is 163 cm³/mol. The number of carbonyl (C=O) groups excluding carboxylic acids is 2. The average molecular weight is 692 g/mol. The van der Waals surface area contributed by atoms with E-state index in [0.29, 0.717) is 37.4 Å². The maximum Gasteiger partial charge on any atom is 0.335 e. The van der Waals surface area contributed by atoms with Crippen LogP contribution in [-0.2, 0) is 21.4 Å². The lowest BCUT2D eigenvalue weighted by Gasteiger charge is -2.64. The van der Waals surface area contributed by atoms with Gasteiger partial charge in [-0.3, -0.25) is 19.4 Å². The summed E-state index contributed by atoms with van der Waals surface area (Å²) in [5.74, 6) is -3.27. The number of aliphatic carboxylic acids is 2. The number of hydrogen-bond acceptors (Lipinski definition) is 10. The van der Waals surface area contributed by atoms with Crippen molar-refractivity contribution in [2.75, 3.05) is 13.1 Å². The number of phenolic OH excluding ortho intramolecular Hbond substituents is 1. The number of piperidine rings is 1. The first kappa shape index (κ1) is 32.1. The quantitative estimate of drug-likeness (QED) is 0.240. The third-order valence-corrected chi connectivity index (χ3v) is 11.5. The van der Waals surface area contributed by atoms with Gasteiger partial charge < -0.3 is 35.4 Å². The van der Waals surface area contributed by atoms with Gasteiger partial charge in [0.1, 0.15) is 6.10 Å². The molecular formula is C32H32Cl2N2O11. The fraction of sp³-hybridized carbons (Fsp3) is 0.500. The molecule has 13 nitrogen and oxygen atoms in total. The maximum absolute atomic E-state index is 13.6. The summed E-state index contributed by atoms with van der Waals surface area (Å²) in [6.07, 6.45) is -0.537. The molecule has 1 saturated heterocycles. The molecule has 1 spiro atoms. The zero-order valence-corrected chi connectivity index (χ0v) is 26.3. The first-order valence-electron chi connectivity index (χ1n) is 15.4. The number of carbonyl (C=O) groups is 4. The molecule has 3 heterocycles. The minimum Gasteiger partial charge on any atom is -0.504 e. The highest BCUT2D eigenvalue weighted by molar-refractivity contribution is 6.43. The number of phenols is 1. The lowest BCUT2D eigenvalue weighted by molar-refractivity contribution is -0.196. The van der Waals surface area contributed by atoms with Gasteiger partial charge in [0.15, 0.2) is 23.7 Å². The summed E-state index contributed by atoms with van der Waals surface area (Å²) in [6, 6.07) is 5.85. The zero-order chi connectivity index (χ0) is 33.7. The van der Waals surface area contributed by atoms with Crippen molar-refractivity contribution in [1.82, 2.24) is 9.80 Å². The summed E-state index contributed by atoms with van der Waals surface area (Å²) >= 11 is 12.4. The van der Waals surface area contributed by atoms with Crippen LogP contribution in [0.4, 0.5) is 0 Å². The molecule has 47 heavy (non-hydrogen) atoms. The van der Waals surface area contributed by atoms with Crippen LogP contribution in [0.1, 0.15) is 63.9 Å². The molecule has 3 aliphatic heterocycles. The highest BCUT2D eigenvalue weighted by atomic mass is 35.5. The van der Waals surface area contributed by atoms with Gasteiger partial charge in [-0.2, -0.15) is 0 Å². The smallest absolute Gasteiger partial charge is 0.335 e. The lowest BCUT2D eigenvalue weighted by atomic mass is 9.48. The summed E-state index contributed by atoms with van der Waals surface area (Å²) in [4.78, 5) is 50.5. The van der Waals surface area contributed by atoms with Gasteiger partial charge in [0.25, 0.3) is 11.8 Å². The number of amides is 2. The maximum atomic E-state index is 13.6.